The van der Waals surface area contributed by atoms with Gasteiger partial charge < -0.3 is 4.74 Å². The smallest absolute Gasteiger partial charge is 0.330 e. The Morgan fingerprint density at radius 1 is 1.61 bits per heavy atom. The summed E-state index contributed by atoms with van der Waals surface area (Å²) in [6.07, 6.45) is 8.68. The molecule has 2 heteroatoms. The topological polar surface area (TPSA) is 26.3 Å². The lowest BCUT2D eigenvalue weighted by atomic mass is 9.83. The molecular weight excluding hydrogens is 224 g/mol. The molecule has 0 aromatic rings. The molecule has 0 aromatic heterocycles. The zero-order valence-corrected chi connectivity index (χ0v) is 11.2. The third-order valence-electron chi connectivity index (χ3n) is 3.36. The van der Waals surface area contributed by atoms with E-state index in [9.17, 15) is 4.79 Å². The van der Waals surface area contributed by atoms with E-state index >= 15 is 0 Å². The minimum Gasteiger partial charge on any atom is -0.454 e. The maximum atomic E-state index is 11.3. The Morgan fingerprint density at radius 3 is 2.78 bits per heavy atom. The predicted octanol–water partition coefficient (Wildman–Crippen LogP) is 3.96. The lowest BCUT2D eigenvalue weighted by Gasteiger charge is -2.26. The van der Waals surface area contributed by atoms with E-state index in [1.807, 2.05) is 0 Å². The second-order valence-corrected chi connectivity index (χ2v) is 4.75. The van der Waals surface area contributed by atoms with Crippen LogP contribution >= 0.6 is 0 Å². The zero-order chi connectivity index (χ0) is 13.5. The molecule has 0 fully saturated rings. The van der Waals surface area contributed by atoms with Crippen LogP contribution in [0, 0.1) is 5.92 Å². The average molecular weight is 246 g/mol. The van der Waals surface area contributed by atoms with Crippen molar-refractivity contribution in [3.05, 3.63) is 49.1 Å². The molecule has 0 saturated heterocycles. The minimum atomic E-state index is -0.371. The monoisotopic (exact) mass is 246 g/mol. The summed E-state index contributed by atoms with van der Waals surface area (Å²) in [5, 5.41) is 0. The van der Waals surface area contributed by atoms with E-state index in [0.29, 0.717) is 12.3 Å². The van der Waals surface area contributed by atoms with Gasteiger partial charge >= 0.3 is 5.97 Å². The molecule has 98 valence electrons. The molecule has 1 aliphatic carbocycles. The fraction of sp³-hybridized carbons (Fsp3) is 0.438. The summed E-state index contributed by atoms with van der Waals surface area (Å²) in [6.45, 7) is 13.2. The van der Waals surface area contributed by atoms with Gasteiger partial charge in [-0.1, -0.05) is 30.9 Å². The fourth-order valence-corrected chi connectivity index (χ4v) is 2.21. The van der Waals surface area contributed by atoms with Crippen molar-refractivity contribution in [2.24, 2.45) is 5.92 Å². The van der Waals surface area contributed by atoms with E-state index in [2.05, 4.69) is 32.7 Å². The van der Waals surface area contributed by atoms with E-state index < -0.39 is 0 Å². The van der Waals surface area contributed by atoms with Gasteiger partial charge in [-0.3, -0.25) is 0 Å². The quantitative estimate of drug-likeness (QED) is 0.403. The summed E-state index contributed by atoms with van der Waals surface area (Å²) in [6, 6.07) is 0. The van der Waals surface area contributed by atoms with Gasteiger partial charge in [-0.15, -0.1) is 6.58 Å². The van der Waals surface area contributed by atoms with E-state index in [1.54, 1.807) is 6.08 Å². The predicted molar refractivity (Wildman–Crippen MR) is 75.1 cm³/mol. The van der Waals surface area contributed by atoms with Crippen molar-refractivity contribution >= 4 is 5.97 Å². The molecule has 2 nitrogen and oxygen atoms in total. The molecule has 0 saturated carbocycles. The fourth-order valence-electron chi connectivity index (χ4n) is 2.21. The second kappa shape index (κ2) is 7.00. The van der Waals surface area contributed by atoms with E-state index in [4.69, 9.17) is 4.74 Å². The summed E-state index contributed by atoms with van der Waals surface area (Å²) in [5.41, 5.74) is 2.43. The first-order valence-corrected chi connectivity index (χ1v) is 6.36. The molecule has 0 radical (unpaired) electrons. The molecule has 0 aliphatic heterocycles. The number of carbonyl (C=O) groups is 1. The molecule has 18 heavy (non-hydrogen) atoms. The minimum absolute atomic E-state index is 0.181. The highest BCUT2D eigenvalue weighted by Gasteiger charge is 2.22. The first kappa shape index (κ1) is 14.5. The Bertz CT molecular complexity index is 377. The number of allylic oxidation sites excluding steroid dienone is 2. The van der Waals surface area contributed by atoms with Gasteiger partial charge in [0.25, 0.3) is 0 Å². The second-order valence-electron chi connectivity index (χ2n) is 4.75. The number of carbonyl (C=O) groups excluding carboxylic acids is 1. The standard InChI is InChI=1S/C16H22O2/c1-5-7-15(18-16(17)6-2)14-10-8-13(9-11-14)12(3)4/h5-6,10,13,15H,1-3,7-9,11H2,4H3. The highest BCUT2D eigenvalue weighted by molar-refractivity contribution is 5.81. The van der Waals surface area contributed by atoms with Crippen LogP contribution in [0.4, 0.5) is 0 Å². The van der Waals surface area contributed by atoms with Crippen LogP contribution in [-0.4, -0.2) is 12.1 Å². The molecule has 0 amide bonds. The Labute approximate surface area is 110 Å². The van der Waals surface area contributed by atoms with Gasteiger partial charge in [0.05, 0.1) is 0 Å². The first-order valence-electron chi connectivity index (χ1n) is 6.36. The lowest BCUT2D eigenvalue weighted by molar-refractivity contribution is -0.141. The van der Waals surface area contributed by atoms with Crippen molar-refractivity contribution in [3.8, 4) is 0 Å². The van der Waals surface area contributed by atoms with Gasteiger partial charge in [0.15, 0.2) is 0 Å². The number of ether oxygens (including phenoxy) is 1. The van der Waals surface area contributed by atoms with Crippen LogP contribution in [0.3, 0.4) is 0 Å². The average Bonchev–Trinajstić information content (AvgIpc) is 2.38. The molecule has 0 spiro atoms. The van der Waals surface area contributed by atoms with Gasteiger partial charge in [0.2, 0.25) is 0 Å². The molecule has 0 bridgehead atoms. The number of hydrogen-bond acceptors (Lipinski definition) is 2. The largest absolute Gasteiger partial charge is 0.454 e. The summed E-state index contributed by atoms with van der Waals surface area (Å²) in [7, 11) is 0. The molecule has 0 heterocycles. The van der Waals surface area contributed by atoms with Gasteiger partial charge in [0.1, 0.15) is 6.10 Å². The van der Waals surface area contributed by atoms with E-state index in [1.165, 1.54) is 17.2 Å². The van der Waals surface area contributed by atoms with Crippen molar-refractivity contribution in [1.29, 1.82) is 0 Å². The molecule has 2 unspecified atom stereocenters. The number of rotatable bonds is 6. The Hall–Kier alpha value is -1.57. The third kappa shape index (κ3) is 4.02. The van der Waals surface area contributed by atoms with Crippen molar-refractivity contribution in [3.63, 3.8) is 0 Å². The Balaban J connectivity index is 2.69. The van der Waals surface area contributed by atoms with Crippen LogP contribution in [0.5, 0.6) is 0 Å². The zero-order valence-electron chi connectivity index (χ0n) is 11.2. The van der Waals surface area contributed by atoms with Crippen LogP contribution in [0.25, 0.3) is 0 Å². The van der Waals surface area contributed by atoms with Crippen LogP contribution < -0.4 is 0 Å². The van der Waals surface area contributed by atoms with Crippen LogP contribution in [-0.2, 0) is 9.53 Å². The number of hydrogen-bond donors (Lipinski definition) is 0. The maximum absolute atomic E-state index is 11.3. The van der Waals surface area contributed by atoms with Gasteiger partial charge in [-0.25, -0.2) is 4.79 Å². The molecule has 2 atom stereocenters. The van der Waals surface area contributed by atoms with Crippen molar-refractivity contribution in [2.75, 3.05) is 0 Å². The molecule has 1 rings (SSSR count). The molecule has 0 N–H and O–H groups in total. The maximum Gasteiger partial charge on any atom is 0.330 e. The Morgan fingerprint density at radius 2 is 2.33 bits per heavy atom. The Kier molecular flexibility index (Phi) is 5.63. The summed E-state index contributed by atoms with van der Waals surface area (Å²) in [5.74, 6) is 0.193. The van der Waals surface area contributed by atoms with E-state index in [0.717, 1.165) is 19.3 Å². The van der Waals surface area contributed by atoms with Crippen molar-refractivity contribution in [1.82, 2.24) is 0 Å². The summed E-state index contributed by atoms with van der Waals surface area (Å²) in [4.78, 5) is 11.3. The lowest BCUT2D eigenvalue weighted by Crippen LogP contribution is -2.21. The molecular formula is C16H22O2. The molecule has 0 aromatic carbocycles. The third-order valence-corrected chi connectivity index (χ3v) is 3.36. The van der Waals surface area contributed by atoms with Crippen molar-refractivity contribution in [2.45, 2.75) is 38.7 Å². The van der Waals surface area contributed by atoms with Gasteiger partial charge in [-0.05, 0) is 37.7 Å². The van der Waals surface area contributed by atoms with E-state index in [-0.39, 0.29) is 12.1 Å². The van der Waals surface area contributed by atoms with Crippen LogP contribution in [0.2, 0.25) is 0 Å². The SMILES string of the molecule is C=CCC(OC(=O)C=C)C1=CCC(C(=C)C)CC1. The summed E-state index contributed by atoms with van der Waals surface area (Å²) >= 11 is 0. The number of esters is 1. The highest BCUT2D eigenvalue weighted by atomic mass is 16.5. The van der Waals surface area contributed by atoms with Crippen molar-refractivity contribution < 1.29 is 9.53 Å². The van der Waals surface area contributed by atoms with Gasteiger partial charge in [-0.2, -0.15) is 0 Å². The molecule has 1 aliphatic rings. The van der Waals surface area contributed by atoms with Crippen LogP contribution in [0.15, 0.2) is 49.1 Å². The van der Waals surface area contributed by atoms with Gasteiger partial charge in [0, 0.05) is 12.5 Å². The highest BCUT2D eigenvalue weighted by Crippen LogP contribution is 2.31. The van der Waals surface area contributed by atoms with Crippen LogP contribution in [0.1, 0.15) is 32.6 Å². The normalized spacial score (nSPS) is 20.5. The summed E-state index contributed by atoms with van der Waals surface area (Å²) < 4.78 is 5.36. The first-order chi connectivity index (χ1) is 8.58.